The van der Waals surface area contributed by atoms with Crippen molar-refractivity contribution in [2.45, 2.75) is 25.3 Å². The molecule has 102 valence electrons. The van der Waals surface area contributed by atoms with E-state index < -0.39 is 5.97 Å². The van der Waals surface area contributed by atoms with E-state index in [-0.39, 0.29) is 18.4 Å². The number of carboxylic acid groups (broad SMARTS) is 1. The fraction of sp³-hybridized carbons (Fsp3) is 0.385. The van der Waals surface area contributed by atoms with E-state index in [1.54, 1.807) is 6.07 Å². The highest BCUT2D eigenvalue weighted by atomic mass is 127. The summed E-state index contributed by atoms with van der Waals surface area (Å²) in [6, 6.07) is 5.21. The number of rotatable bonds is 5. The van der Waals surface area contributed by atoms with Crippen LogP contribution in [0, 0.1) is 9.49 Å². The summed E-state index contributed by atoms with van der Waals surface area (Å²) in [5.41, 5.74) is 0.575. The first kappa shape index (κ1) is 14.8. The first-order valence-electron chi connectivity index (χ1n) is 5.95. The molecular weight excluding hydrogens is 425 g/mol. The molecule has 2 N–H and O–H groups in total. The van der Waals surface area contributed by atoms with E-state index >= 15 is 0 Å². The molecule has 1 aliphatic carbocycles. The van der Waals surface area contributed by atoms with Crippen molar-refractivity contribution < 1.29 is 14.7 Å². The Kier molecular flexibility index (Phi) is 4.83. The number of benzene rings is 1. The smallest absolute Gasteiger partial charge is 0.305 e. The van der Waals surface area contributed by atoms with Gasteiger partial charge in [-0.3, -0.25) is 9.59 Å². The van der Waals surface area contributed by atoms with Crippen molar-refractivity contribution in [2.75, 3.05) is 0 Å². The van der Waals surface area contributed by atoms with Gasteiger partial charge in [0.05, 0.1) is 12.0 Å². The summed E-state index contributed by atoms with van der Waals surface area (Å²) in [7, 11) is 0. The van der Waals surface area contributed by atoms with Crippen molar-refractivity contribution in [1.29, 1.82) is 0 Å². The fourth-order valence-electron chi connectivity index (χ4n) is 1.94. The molecule has 0 heterocycles. The first-order chi connectivity index (χ1) is 8.97. The van der Waals surface area contributed by atoms with Crippen LogP contribution in [0.3, 0.4) is 0 Å². The van der Waals surface area contributed by atoms with Crippen LogP contribution in [-0.2, 0) is 4.79 Å². The van der Waals surface area contributed by atoms with Gasteiger partial charge >= 0.3 is 5.97 Å². The zero-order valence-electron chi connectivity index (χ0n) is 10.0. The molecule has 1 unspecified atom stereocenters. The lowest BCUT2D eigenvalue weighted by Crippen LogP contribution is -2.38. The predicted molar refractivity (Wildman–Crippen MR) is 83.1 cm³/mol. The molecule has 4 nitrogen and oxygen atoms in total. The number of carbonyl (C=O) groups excluding carboxylic acids is 1. The van der Waals surface area contributed by atoms with E-state index in [4.69, 9.17) is 5.11 Å². The standard InChI is InChI=1S/C13H13BrINO3/c14-8-3-4-10(15)9(5-8)13(19)16-11(6-12(17)18)7-1-2-7/h3-5,7,11H,1-2,6H2,(H,16,19)(H,17,18). The monoisotopic (exact) mass is 437 g/mol. The average molecular weight is 438 g/mol. The van der Waals surface area contributed by atoms with Crippen molar-refractivity contribution in [2.24, 2.45) is 5.92 Å². The van der Waals surface area contributed by atoms with Crippen LogP contribution < -0.4 is 5.32 Å². The minimum Gasteiger partial charge on any atom is -0.481 e. The van der Waals surface area contributed by atoms with Gasteiger partial charge in [-0.15, -0.1) is 0 Å². The van der Waals surface area contributed by atoms with Gasteiger partial charge in [-0.25, -0.2) is 0 Å². The van der Waals surface area contributed by atoms with Crippen LogP contribution in [0.1, 0.15) is 29.6 Å². The summed E-state index contributed by atoms with van der Waals surface area (Å²) < 4.78 is 1.68. The van der Waals surface area contributed by atoms with Crippen LogP contribution in [-0.4, -0.2) is 23.0 Å². The normalized spacial score (nSPS) is 15.9. The number of halogens is 2. The van der Waals surface area contributed by atoms with Crippen molar-refractivity contribution >= 4 is 50.4 Å². The van der Waals surface area contributed by atoms with E-state index in [1.165, 1.54) is 0 Å². The highest BCUT2D eigenvalue weighted by Crippen LogP contribution is 2.34. The number of hydrogen-bond donors (Lipinski definition) is 2. The van der Waals surface area contributed by atoms with Crippen LogP contribution in [0.2, 0.25) is 0 Å². The number of aliphatic carboxylic acids is 1. The van der Waals surface area contributed by atoms with Gasteiger partial charge in [0.25, 0.3) is 5.91 Å². The molecule has 6 heteroatoms. The zero-order chi connectivity index (χ0) is 14.0. The lowest BCUT2D eigenvalue weighted by Gasteiger charge is -2.16. The lowest BCUT2D eigenvalue weighted by atomic mass is 10.1. The number of carboxylic acids is 1. The highest BCUT2D eigenvalue weighted by Gasteiger charge is 2.34. The summed E-state index contributed by atoms with van der Waals surface area (Å²) in [6.45, 7) is 0. The Morgan fingerprint density at radius 3 is 2.74 bits per heavy atom. The molecule has 0 spiro atoms. The van der Waals surface area contributed by atoms with Crippen LogP contribution in [0.15, 0.2) is 22.7 Å². The topological polar surface area (TPSA) is 66.4 Å². The second-order valence-corrected chi connectivity index (χ2v) is 6.72. The molecule has 0 aliphatic heterocycles. The van der Waals surface area contributed by atoms with Gasteiger partial charge in [-0.2, -0.15) is 0 Å². The molecule has 1 aromatic rings. The molecular formula is C13H13BrINO3. The average Bonchev–Trinajstić information content (AvgIpc) is 3.14. The summed E-state index contributed by atoms with van der Waals surface area (Å²) >= 11 is 5.43. The summed E-state index contributed by atoms with van der Waals surface area (Å²) in [4.78, 5) is 23.0. The van der Waals surface area contributed by atoms with E-state index in [9.17, 15) is 9.59 Å². The molecule has 1 aliphatic rings. The molecule has 0 saturated heterocycles. The van der Waals surface area contributed by atoms with Gasteiger partial charge in [-0.05, 0) is 59.5 Å². The van der Waals surface area contributed by atoms with Gasteiger partial charge in [0.1, 0.15) is 0 Å². The van der Waals surface area contributed by atoms with Crippen molar-refractivity contribution in [1.82, 2.24) is 5.32 Å². The molecule has 1 aromatic carbocycles. The van der Waals surface area contributed by atoms with Gasteiger partial charge in [-0.1, -0.05) is 15.9 Å². The molecule has 19 heavy (non-hydrogen) atoms. The summed E-state index contributed by atoms with van der Waals surface area (Å²) in [5, 5.41) is 11.7. The fourth-order valence-corrected chi connectivity index (χ4v) is 2.88. The quantitative estimate of drug-likeness (QED) is 0.696. The Hall–Kier alpha value is -0.630. The number of hydrogen-bond acceptors (Lipinski definition) is 2. The SMILES string of the molecule is O=C(O)CC(NC(=O)c1cc(Br)ccc1I)C1CC1. The molecule has 0 aromatic heterocycles. The number of nitrogens with one attached hydrogen (secondary N) is 1. The number of carbonyl (C=O) groups is 2. The third kappa shape index (κ3) is 4.17. The Labute approximate surface area is 133 Å². The Balaban J connectivity index is 2.10. The predicted octanol–water partition coefficient (Wildman–Crippen LogP) is 3.04. The summed E-state index contributed by atoms with van der Waals surface area (Å²) in [5.74, 6) is -0.769. The lowest BCUT2D eigenvalue weighted by molar-refractivity contribution is -0.137. The molecule has 0 bridgehead atoms. The van der Waals surface area contributed by atoms with Crippen LogP contribution in [0.25, 0.3) is 0 Å². The molecule has 1 amide bonds. The molecule has 1 atom stereocenters. The van der Waals surface area contributed by atoms with Gasteiger partial charge in [0.15, 0.2) is 0 Å². The molecule has 0 radical (unpaired) electrons. The van der Waals surface area contributed by atoms with Gasteiger partial charge in [0, 0.05) is 14.1 Å². The maximum Gasteiger partial charge on any atom is 0.305 e. The van der Waals surface area contributed by atoms with E-state index in [0.717, 1.165) is 20.9 Å². The minimum absolute atomic E-state index is 0.0129. The highest BCUT2D eigenvalue weighted by molar-refractivity contribution is 14.1. The molecule has 2 rings (SSSR count). The van der Waals surface area contributed by atoms with Crippen LogP contribution in [0.4, 0.5) is 0 Å². The van der Waals surface area contributed by atoms with E-state index in [1.807, 2.05) is 12.1 Å². The second-order valence-electron chi connectivity index (χ2n) is 4.64. The third-order valence-electron chi connectivity index (χ3n) is 3.08. The van der Waals surface area contributed by atoms with Crippen LogP contribution in [0.5, 0.6) is 0 Å². The van der Waals surface area contributed by atoms with Gasteiger partial charge < -0.3 is 10.4 Å². The minimum atomic E-state index is -0.874. The Bertz CT molecular complexity index is 517. The van der Waals surface area contributed by atoms with E-state index in [2.05, 4.69) is 43.8 Å². The molecule has 1 fully saturated rings. The van der Waals surface area contributed by atoms with Crippen molar-refractivity contribution in [3.63, 3.8) is 0 Å². The zero-order valence-corrected chi connectivity index (χ0v) is 13.8. The maximum atomic E-state index is 12.2. The van der Waals surface area contributed by atoms with Crippen LogP contribution >= 0.6 is 38.5 Å². The first-order valence-corrected chi connectivity index (χ1v) is 7.82. The van der Waals surface area contributed by atoms with E-state index in [0.29, 0.717) is 11.5 Å². The van der Waals surface area contributed by atoms with Crippen molar-refractivity contribution in [3.05, 3.63) is 31.8 Å². The number of amides is 1. The molecule has 1 saturated carbocycles. The second kappa shape index (κ2) is 6.21. The Morgan fingerprint density at radius 2 is 2.16 bits per heavy atom. The Morgan fingerprint density at radius 1 is 1.47 bits per heavy atom. The maximum absolute atomic E-state index is 12.2. The van der Waals surface area contributed by atoms with Gasteiger partial charge in [0.2, 0.25) is 0 Å². The van der Waals surface area contributed by atoms with Crippen molar-refractivity contribution in [3.8, 4) is 0 Å². The summed E-state index contributed by atoms with van der Waals surface area (Å²) in [6.07, 6.45) is 1.97. The third-order valence-corrected chi connectivity index (χ3v) is 4.51. The largest absolute Gasteiger partial charge is 0.481 e.